The van der Waals surface area contributed by atoms with Crippen LogP contribution in [0, 0.1) is 18.3 Å². The van der Waals surface area contributed by atoms with Crippen LogP contribution in [0.1, 0.15) is 63.5 Å². The van der Waals surface area contributed by atoms with Gasteiger partial charge in [-0.05, 0) is 69.1 Å². The summed E-state index contributed by atoms with van der Waals surface area (Å²) in [5.41, 5.74) is 1.58. The molecule has 6 nitrogen and oxygen atoms in total. The minimum Gasteiger partial charge on any atom is -0.461 e. The maximum Gasteiger partial charge on any atom is 0.319 e. The molecule has 0 aliphatic heterocycles. The number of sulfone groups is 1. The van der Waals surface area contributed by atoms with Crippen LogP contribution in [-0.2, 0) is 35.5 Å². The van der Waals surface area contributed by atoms with Crippen LogP contribution >= 0.6 is 15.9 Å². The Balaban J connectivity index is 1.65. The smallest absolute Gasteiger partial charge is 0.319 e. The third-order valence-corrected chi connectivity index (χ3v) is 9.21. The zero-order chi connectivity index (χ0) is 28.5. The second-order valence-electron chi connectivity index (χ2n) is 10.7. The number of Topliss-reactive ketones (excluding diaryl/α,β-unsaturated/α-hetero) is 1. The third-order valence-electron chi connectivity index (χ3n) is 7.35. The summed E-state index contributed by atoms with van der Waals surface area (Å²) in [7, 11) is -3.59. The second kappa shape index (κ2) is 14.4. The number of ether oxygens (including phenoxy) is 2. The molecule has 0 radical (unpaired) electrons. The van der Waals surface area contributed by atoms with E-state index in [2.05, 4.69) is 15.9 Å². The van der Waals surface area contributed by atoms with Crippen molar-refractivity contribution in [2.75, 3.05) is 6.61 Å². The Morgan fingerprint density at radius 1 is 1.13 bits per heavy atom. The average Bonchev–Trinajstić information content (AvgIpc) is 3.19. The molecular formula is C31H39BrO6S. The first kappa shape index (κ1) is 31.2. The zero-order valence-electron chi connectivity index (χ0n) is 23.0. The first-order valence-corrected chi connectivity index (χ1v) is 16.0. The van der Waals surface area contributed by atoms with Crippen molar-refractivity contribution >= 4 is 37.5 Å². The molecule has 0 bridgehead atoms. The van der Waals surface area contributed by atoms with Gasteiger partial charge < -0.3 is 9.47 Å². The molecule has 4 atom stereocenters. The quantitative estimate of drug-likeness (QED) is 0.132. The summed E-state index contributed by atoms with van der Waals surface area (Å²) < 4.78 is 37.3. The van der Waals surface area contributed by atoms with E-state index in [0.717, 1.165) is 24.0 Å². The highest BCUT2D eigenvalue weighted by Gasteiger charge is 2.49. The fourth-order valence-corrected chi connectivity index (χ4v) is 6.22. The van der Waals surface area contributed by atoms with Crippen molar-refractivity contribution in [3.8, 4) is 0 Å². The van der Waals surface area contributed by atoms with E-state index in [1.807, 2.05) is 44.2 Å². The molecule has 8 heteroatoms. The lowest BCUT2D eigenvalue weighted by atomic mass is 9.73. The van der Waals surface area contributed by atoms with Crippen LogP contribution in [0.2, 0.25) is 0 Å². The van der Waals surface area contributed by atoms with Crippen LogP contribution in [0.5, 0.6) is 0 Å². The van der Waals surface area contributed by atoms with Gasteiger partial charge in [0, 0.05) is 18.4 Å². The van der Waals surface area contributed by atoms with Crippen molar-refractivity contribution in [3.05, 3.63) is 77.2 Å². The molecule has 1 unspecified atom stereocenters. The van der Waals surface area contributed by atoms with Crippen LogP contribution < -0.4 is 0 Å². The van der Waals surface area contributed by atoms with Gasteiger partial charge in [-0.25, -0.2) is 8.42 Å². The van der Waals surface area contributed by atoms with Gasteiger partial charge in [0.15, 0.2) is 9.84 Å². The van der Waals surface area contributed by atoms with Crippen LogP contribution in [0.3, 0.4) is 0 Å². The van der Waals surface area contributed by atoms with Gasteiger partial charge in [0.05, 0.1) is 17.4 Å². The molecule has 2 aromatic rings. The Kier molecular flexibility index (Phi) is 11.5. The summed E-state index contributed by atoms with van der Waals surface area (Å²) in [5, 5.41) is 1.23. The van der Waals surface area contributed by atoms with Crippen LogP contribution in [0.25, 0.3) is 0 Å². The number of aryl methyl sites for hydroxylation is 1. The summed E-state index contributed by atoms with van der Waals surface area (Å²) >= 11 is 3.28. The largest absolute Gasteiger partial charge is 0.461 e. The number of unbranched alkanes of at least 4 members (excludes halogenated alkanes) is 1. The normalized spacial score (nSPS) is 21.2. The van der Waals surface area contributed by atoms with Crippen molar-refractivity contribution in [3.63, 3.8) is 0 Å². The number of hydrogen-bond donors (Lipinski definition) is 0. The van der Waals surface area contributed by atoms with E-state index in [0.29, 0.717) is 38.9 Å². The Labute approximate surface area is 241 Å². The van der Waals surface area contributed by atoms with Gasteiger partial charge in [0.2, 0.25) is 0 Å². The molecule has 1 aliphatic rings. The summed E-state index contributed by atoms with van der Waals surface area (Å²) in [4.78, 5) is 25.4. The maximum absolute atomic E-state index is 13.1. The van der Waals surface area contributed by atoms with E-state index in [1.54, 1.807) is 37.3 Å². The van der Waals surface area contributed by atoms with Gasteiger partial charge >= 0.3 is 5.97 Å². The topological polar surface area (TPSA) is 86.7 Å². The molecule has 39 heavy (non-hydrogen) atoms. The molecule has 212 valence electrons. The van der Waals surface area contributed by atoms with Crippen molar-refractivity contribution in [1.29, 1.82) is 0 Å². The number of ketones is 1. The molecule has 2 aromatic carbocycles. The van der Waals surface area contributed by atoms with Gasteiger partial charge in [-0.15, -0.1) is 0 Å². The summed E-state index contributed by atoms with van der Waals surface area (Å²) in [6, 6.07) is 16.7. The number of carbonyl (C=O) groups excluding carboxylic acids is 2. The Morgan fingerprint density at radius 3 is 2.49 bits per heavy atom. The molecule has 0 aromatic heterocycles. The highest BCUT2D eigenvalue weighted by Crippen LogP contribution is 2.47. The van der Waals surface area contributed by atoms with Crippen LogP contribution in [-0.4, -0.2) is 37.7 Å². The number of benzene rings is 2. The van der Waals surface area contributed by atoms with Crippen LogP contribution in [0.15, 0.2) is 71.0 Å². The van der Waals surface area contributed by atoms with Gasteiger partial charge in [0.25, 0.3) is 0 Å². The molecule has 0 amide bonds. The number of allylic oxidation sites excluding steroid dienone is 1. The molecule has 0 heterocycles. The number of hydrogen-bond acceptors (Lipinski definition) is 6. The number of halogens is 1. The highest BCUT2D eigenvalue weighted by molar-refractivity contribution is 9.10. The first-order chi connectivity index (χ1) is 18.5. The predicted molar refractivity (Wildman–Crippen MR) is 156 cm³/mol. The average molecular weight is 620 g/mol. The van der Waals surface area contributed by atoms with Crippen molar-refractivity contribution in [2.45, 2.75) is 81.7 Å². The Morgan fingerprint density at radius 2 is 1.82 bits per heavy atom. The lowest BCUT2D eigenvalue weighted by Crippen LogP contribution is -2.39. The van der Waals surface area contributed by atoms with E-state index in [4.69, 9.17) is 9.47 Å². The molecule has 1 fully saturated rings. The predicted octanol–water partition coefficient (Wildman–Crippen LogP) is 6.74. The number of carbonyl (C=O) groups is 2. The lowest BCUT2D eigenvalue weighted by molar-refractivity contribution is -0.155. The van der Waals surface area contributed by atoms with Crippen molar-refractivity contribution in [2.24, 2.45) is 11.3 Å². The van der Waals surface area contributed by atoms with Crippen LogP contribution in [0.4, 0.5) is 0 Å². The number of esters is 1. The van der Waals surface area contributed by atoms with E-state index >= 15 is 0 Å². The lowest BCUT2D eigenvalue weighted by Gasteiger charge is -2.35. The third kappa shape index (κ3) is 9.12. The van der Waals surface area contributed by atoms with Gasteiger partial charge in [0.1, 0.15) is 16.7 Å². The molecule has 1 aliphatic carbocycles. The molecule has 0 saturated heterocycles. The van der Waals surface area contributed by atoms with E-state index in [1.165, 1.54) is 5.41 Å². The zero-order valence-corrected chi connectivity index (χ0v) is 25.4. The minimum atomic E-state index is -3.59. The second-order valence-corrected chi connectivity index (χ2v) is 13.9. The monoisotopic (exact) mass is 618 g/mol. The van der Waals surface area contributed by atoms with E-state index in [9.17, 15) is 18.0 Å². The Bertz CT molecular complexity index is 1220. The highest BCUT2D eigenvalue weighted by atomic mass is 79.9. The van der Waals surface area contributed by atoms with Gasteiger partial charge in [-0.3, -0.25) is 9.59 Å². The molecular weight excluding hydrogens is 580 g/mol. The van der Waals surface area contributed by atoms with Gasteiger partial charge in [-0.1, -0.05) is 77.0 Å². The maximum atomic E-state index is 13.1. The molecule has 0 spiro atoms. The summed E-state index contributed by atoms with van der Waals surface area (Å²) in [6.07, 6.45) is 4.52. The van der Waals surface area contributed by atoms with Gasteiger partial charge in [-0.2, -0.15) is 0 Å². The number of rotatable bonds is 14. The molecule has 1 saturated carbocycles. The summed E-state index contributed by atoms with van der Waals surface area (Å²) in [6.45, 7) is 6.71. The van der Waals surface area contributed by atoms with E-state index < -0.39 is 38.1 Å². The number of alkyl halides is 1. The van der Waals surface area contributed by atoms with Crippen molar-refractivity contribution in [1.82, 2.24) is 0 Å². The van der Waals surface area contributed by atoms with Crippen molar-refractivity contribution < 1.29 is 27.5 Å². The Hall–Kier alpha value is -2.29. The SMILES string of the molecule is Cc1ccc(S(=O)(=O)/C=C/C[C@]2(C)CCC(=O)[C@H]2[C@H](CCCCOCc2ccccc2)OC(=O)C(C)Br)cc1. The minimum absolute atomic E-state index is 0.0626. The van der Waals surface area contributed by atoms with E-state index in [-0.39, 0.29) is 10.7 Å². The molecule has 0 N–H and O–H groups in total. The molecule has 3 rings (SSSR count). The standard InChI is InChI=1S/C31H39BrO6S/c1-23-13-15-26(16-14-23)39(35,36)21-9-18-31(3)19-17-27(33)29(31)28(38-30(34)24(2)32)12-7-8-20-37-22-25-10-5-4-6-11-25/h4-6,9-11,13-16,21,24,28-29H,7-8,12,17-20,22H2,1-3H3/b21-9+/t24?,28-,29-,31+/m0/s1. The fraction of sp³-hybridized carbons (Fsp3) is 0.484. The summed E-state index contributed by atoms with van der Waals surface area (Å²) in [5.74, 6) is -0.836. The fourth-order valence-electron chi connectivity index (χ4n) is 5.09. The first-order valence-electron chi connectivity index (χ1n) is 13.5.